The summed E-state index contributed by atoms with van der Waals surface area (Å²) >= 11 is 26.9. The monoisotopic (exact) mass is 956 g/mol. The van der Waals surface area contributed by atoms with E-state index in [9.17, 15) is 41.7 Å². The van der Waals surface area contributed by atoms with Gasteiger partial charge in [-0.3, -0.25) is 0 Å². The summed E-state index contributed by atoms with van der Waals surface area (Å²) in [6.07, 6.45) is 2.00. The molecule has 0 bridgehead atoms. The largest absolute Gasteiger partial charge is 0.503 e. The SMILES string of the molecule is Oc1c(F)cccc1NC(=S)NCC1CCCCC1.Oc1c(F)cccc1NC(=S)NCc1ccc(C(F)(F)F)cc1.Oc1c(F)cccc1NC(=S)Nc1cc(Cl)cc(Cl)c1. The van der Waals surface area contributed by atoms with Crippen LogP contribution in [0.5, 0.6) is 17.2 Å². The standard InChI is InChI=1S/C15H12F4N2OS.C14H19FN2OS.C13H9Cl2FN2OS/c16-11-2-1-3-12(13(11)22)21-14(23)20-8-9-4-6-10(7-5-9)15(17,18)19;15-11-7-4-8-12(13(11)18)17-14(19)16-9-10-5-2-1-3-6-10;14-7-4-8(15)6-9(5-7)17-13(20)18-11-3-1-2-10(16)12(11)19/h1-7,22H,8H2,(H2,20,21,23);4,7-8,10,18H,1-3,5-6,9H2,(H2,16,17,19);1-6,19H,(H2,17,18,20). The van der Waals surface area contributed by atoms with Gasteiger partial charge in [0.25, 0.3) is 0 Å². The molecule has 0 atom stereocenters. The number of hydrogen-bond donors (Lipinski definition) is 9. The number of phenolic OH excluding ortho intramolecular Hbond substituents is 3. The van der Waals surface area contributed by atoms with Crippen LogP contribution in [-0.4, -0.2) is 37.2 Å². The fraction of sp³-hybridized carbons (Fsp3) is 0.214. The lowest BCUT2D eigenvalue weighted by Gasteiger charge is -2.22. The highest BCUT2D eigenvalue weighted by molar-refractivity contribution is 7.81. The molecule has 1 saturated carbocycles. The molecular weight excluding hydrogens is 918 g/mol. The second kappa shape index (κ2) is 23.8. The number of anilines is 4. The van der Waals surface area contributed by atoms with E-state index in [0.717, 1.165) is 30.8 Å². The van der Waals surface area contributed by atoms with E-state index >= 15 is 0 Å². The molecule has 6 rings (SSSR count). The molecule has 0 spiro atoms. The number of rotatable bonds is 8. The molecule has 9 N–H and O–H groups in total. The van der Waals surface area contributed by atoms with E-state index in [1.807, 2.05) is 0 Å². The molecule has 0 aliphatic heterocycles. The topological polar surface area (TPSA) is 133 Å². The summed E-state index contributed by atoms with van der Waals surface area (Å²) in [7, 11) is 0. The summed E-state index contributed by atoms with van der Waals surface area (Å²) in [5.41, 5.74) is 0.986. The van der Waals surface area contributed by atoms with E-state index in [1.165, 1.54) is 80.6 Å². The first-order valence-electron chi connectivity index (χ1n) is 18.6. The van der Waals surface area contributed by atoms with E-state index in [0.29, 0.717) is 38.0 Å². The molecule has 0 saturated heterocycles. The molecule has 5 aromatic carbocycles. The van der Waals surface area contributed by atoms with Crippen molar-refractivity contribution in [2.24, 2.45) is 5.92 Å². The zero-order valence-electron chi connectivity index (χ0n) is 32.4. The normalized spacial score (nSPS) is 12.3. The second-order valence-electron chi connectivity index (χ2n) is 13.5. The minimum atomic E-state index is -4.38. The van der Waals surface area contributed by atoms with Crippen LogP contribution in [0, 0.1) is 23.4 Å². The van der Waals surface area contributed by atoms with Crippen molar-refractivity contribution in [2.75, 3.05) is 27.8 Å². The quantitative estimate of drug-likeness (QED) is 0.0417. The van der Waals surface area contributed by atoms with Gasteiger partial charge < -0.3 is 47.2 Å². The zero-order valence-corrected chi connectivity index (χ0v) is 36.3. The average Bonchev–Trinajstić information content (AvgIpc) is 3.22. The fourth-order valence-electron chi connectivity index (χ4n) is 5.71. The maximum absolute atomic E-state index is 13.2. The first kappa shape index (κ1) is 49.4. The van der Waals surface area contributed by atoms with Crippen molar-refractivity contribution in [3.05, 3.63) is 136 Å². The number of para-hydroxylation sites is 3. The Morgan fingerprint density at radius 1 is 0.581 bits per heavy atom. The summed E-state index contributed by atoms with van der Waals surface area (Å²) in [6, 6.07) is 21.8. The van der Waals surface area contributed by atoms with Gasteiger partial charge in [0.05, 0.1) is 22.6 Å². The number of phenols is 3. The van der Waals surface area contributed by atoms with Crippen molar-refractivity contribution in [3.63, 3.8) is 0 Å². The lowest BCUT2D eigenvalue weighted by Crippen LogP contribution is -2.33. The predicted molar refractivity (Wildman–Crippen MR) is 246 cm³/mol. The van der Waals surface area contributed by atoms with Crippen molar-refractivity contribution in [3.8, 4) is 17.2 Å². The van der Waals surface area contributed by atoms with Crippen LogP contribution in [0.4, 0.5) is 49.1 Å². The molecule has 5 aromatic rings. The fourth-order valence-corrected chi connectivity index (χ4v) is 6.84. The Balaban J connectivity index is 0.000000205. The van der Waals surface area contributed by atoms with Gasteiger partial charge in [0.1, 0.15) is 0 Å². The Bertz CT molecular complexity index is 2300. The van der Waals surface area contributed by atoms with Crippen LogP contribution in [0.25, 0.3) is 0 Å². The molecular formula is C42H40Cl2F6N6O3S3. The van der Waals surface area contributed by atoms with Gasteiger partial charge in [0, 0.05) is 28.8 Å². The second-order valence-corrected chi connectivity index (χ2v) is 15.6. The van der Waals surface area contributed by atoms with Crippen molar-refractivity contribution < 1.29 is 41.7 Å². The third kappa shape index (κ3) is 16.2. The van der Waals surface area contributed by atoms with Crippen LogP contribution in [-0.2, 0) is 12.7 Å². The summed E-state index contributed by atoms with van der Waals surface area (Å²) < 4.78 is 76.8. The van der Waals surface area contributed by atoms with E-state index in [2.05, 4.69) is 31.9 Å². The molecule has 0 radical (unpaired) electrons. The highest BCUT2D eigenvalue weighted by Gasteiger charge is 2.30. The van der Waals surface area contributed by atoms with Gasteiger partial charge in [-0.2, -0.15) is 13.2 Å². The van der Waals surface area contributed by atoms with Gasteiger partial charge in [0.15, 0.2) is 50.0 Å². The summed E-state index contributed by atoms with van der Waals surface area (Å²) in [5, 5.41) is 47.0. The predicted octanol–water partition coefficient (Wildman–Crippen LogP) is 12.1. The third-order valence-corrected chi connectivity index (χ3v) is 9.97. The molecule has 0 amide bonds. The highest BCUT2D eigenvalue weighted by Crippen LogP contribution is 2.31. The number of aromatic hydroxyl groups is 3. The van der Waals surface area contributed by atoms with Crippen LogP contribution in [0.15, 0.2) is 97.1 Å². The van der Waals surface area contributed by atoms with Crippen molar-refractivity contribution >= 4 is 97.9 Å². The smallest absolute Gasteiger partial charge is 0.416 e. The maximum atomic E-state index is 13.2. The molecule has 330 valence electrons. The van der Waals surface area contributed by atoms with Gasteiger partial charge in [0.2, 0.25) is 0 Å². The number of benzene rings is 5. The Labute approximate surface area is 379 Å². The highest BCUT2D eigenvalue weighted by atomic mass is 35.5. The van der Waals surface area contributed by atoms with Crippen molar-refractivity contribution in [2.45, 2.75) is 44.8 Å². The zero-order chi connectivity index (χ0) is 45.4. The first-order valence-corrected chi connectivity index (χ1v) is 20.6. The summed E-state index contributed by atoms with van der Waals surface area (Å²) in [4.78, 5) is 0. The van der Waals surface area contributed by atoms with Crippen LogP contribution in [0.1, 0.15) is 43.2 Å². The number of alkyl halides is 3. The van der Waals surface area contributed by atoms with Gasteiger partial charge in [-0.15, -0.1) is 0 Å². The number of nitrogens with one attached hydrogen (secondary N) is 6. The summed E-state index contributed by atoms with van der Waals surface area (Å²) in [5.74, 6) is -2.98. The first-order chi connectivity index (χ1) is 29.4. The Morgan fingerprint density at radius 3 is 1.47 bits per heavy atom. The van der Waals surface area contributed by atoms with E-state index in [1.54, 1.807) is 24.3 Å². The number of hydrogen-bond acceptors (Lipinski definition) is 6. The lowest BCUT2D eigenvalue weighted by molar-refractivity contribution is -0.137. The minimum Gasteiger partial charge on any atom is -0.503 e. The lowest BCUT2D eigenvalue weighted by atomic mass is 9.89. The van der Waals surface area contributed by atoms with E-state index < -0.39 is 46.4 Å². The Hall–Kier alpha value is -5.27. The number of halogens is 8. The van der Waals surface area contributed by atoms with E-state index in [-0.39, 0.29) is 28.1 Å². The molecule has 1 aliphatic rings. The molecule has 9 nitrogen and oxygen atoms in total. The van der Waals surface area contributed by atoms with Gasteiger partial charge in [-0.25, -0.2) is 13.2 Å². The third-order valence-electron chi connectivity index (χ3n) is 8.84. The van der Waals surface area contributed by atoms with Crippen molar-refractivity contribution in [1.82, 2.24) is 10.6 Å². The van der Waals surface area contributed by atoms with Gasteiger partial charge in [-0.1, -0.05) is 72.8 Å². The molecule has 20 heteroatoms. The van der Waals surface area contributed by atoms with Crippen LogP contribution < -0.4 is 31.9 Å². The summed E-state index contributed by atoms with van der Waals surface area (Å²) in [6.45, 7) is 1.02. The molecule has 0 unspecified atom stereocenters. The molecule has 0 aromatic heterocycles. The van der Waals surface area contributed by atoms with Crippen LogP contribution in [0.2, 0.25) is 10.0 Å². The van der Waals surface area contributed by atoms with Crippen molar-refractivity contribution in [1.29, 1.82) is 0 Å². The molecule has 0 heterocycles. The van der Waals surface area contributed by atoms with Gasteiger partial charge >= 0.3 is 6.18 Å². The Morgan fingerprint density at radius 2 is 1.02 bits per heavy atom. The number of thiocarbonyl (C=S) groups is 3. The molecule has 1 fully saturated rings. The molecule has 1 aliphatic carbocycles. The van der Waals surface area contributed by atoms with Crippen LogP contribution >= 0.6 is 59.9 Å². The van der Waals surface area contributed by atoms with Crippen LogP contribution in [0.3, 0.4) is 0 Å². The molecule has 62 heavy (non-hydrogen) atoms. The Kier molecular flexibility index (Phi) is 19.0. The van der Waals surface area contributed by atoms with E-state index in [4.69, 9.17) is 59.9 Å². The minimum absolute atomic E-state index is 0.0925. The van der Waals surface area contributed by atoms with Gasteiger partial charge in [-0.05, 0) is 128 Å². The maximum Gasteiger partial charge on any atom is 0.416 e. The average molecular weight is 958 g/mol.